The molecule has 4 aliphatic rings. The van der Waals surface area contributed by atoms with E-state index in [0.29, 0.717) is 19.2 Å². The van der Waals surface area contributed by atoms with Crippen LogP contribution in [0.2, 0.25) is 0 Å². The summed E-state index contributed by atoms with van der Waals surface area (Å²) in [4.78, 5) is 13.0. The molecule has 7 rings (SSSR count). The number of hydrogen-bond acceptors (Lipinski definition) is 6. The fourth-order valence-electron chi connectivity index (χ4n) is 6.86. The lowest BCUT2D eigenvalue weighted by Gasteiger charge is -2.28. The first-order chi connectivity index (χ1) is 17.0. The standard InChI is InChI=1S/C28H30N4O3/c1-16-10-11-20-22(27(33)34-26(20)25-21(16)12-24-28(25,2)35-24)14-29-13-18-15-32(31-30-18)23-9-5-7-17-6-3-4-8-19(17)23/h3-9,15,20,22,24-26,29H,10-14H2,1-2H3/t20-,22-,24+,25-,26-,28+/m0/s1. The van der Waals surface area contributed by atoms with Crippen LogP contribution in [-0.4, -0.2) is 45.3 Å². The van der Waals surface area contributed by atoms with Crippen LogP contribution in [0.1, 0.15) is 38.8 Å². The van der Waals surface area contributed by atoms with Crippen LogP contribution in [0.4, 0.5) is 0 Å². The number of nitrogens with one attached hydrogen (secondary N) is 1. The molecule has 0 spiro atoms. The predicted molar refractivity (Wildman–Crippen MR) is 131 cm³/mol. The number of hydrogen-bond donors (Lipinski definition) is 1. The molecular formula is C28H30N4O3. The first-order valence-corrected chi connectivity index (χ1v) is 12.7. The number of aromatic nitrogens is 3. The van der Waals surface area contributed by atoms with Gasteiger partial charge >= 0.3 is 5.97 Å². The molecule has 1 saturated carbocycles. The molecule has 2 aliphatic heterocycles. The van der Waals surface area contributed by atoms with Gasteiger partial charge < -0.3 is 14.8 Å². The summed E-state index contributed by atoms with van der Waals surface area (Å²) in [5.74, 6) is 0.230. The molecule has 3 aromatic rings. The van der Waals surface area contributed by atoms with E-state index in [2.05, 4.69) is 53.7 Å². The smallest absolute Gasteiger partial charge is 0.310 e. The molecular weight excluding hydrogens is 440 g/mol. The van der Waals surface area contributed by atoms with Crippen molar-refractivity contribution in [3.63, 3.8) is 0 Å². The number of allylic oxidation sites excluding steroid dienone is 1. The molecule has 3 fully saturated rings. The van der Waals surface area contributed by atoms with Crippen molar-refractivity contribution in [2.45, 2.75) is 57.5 Å². The number of fused-ring (bicyclic) bond motifs is 6. The van der Waals surface area contributed by atoms with E-state index in [4.69, 9.17) is 9.47 Å². The second-order valence-corrected chi connectivity index (χ2v) is 10.8. The van der Waals surface area contributed by atoms with Gasteiger partial charge in [0.15, 0.2) is 0 Å². The van der Waals surface area contributed by atoms with Crippen LogP contribution in [0, 0.1) is 17.8 Å². The molecule has 2 saturated heterocycles. The maximum Gasteiger partial charge on any atom is 0.310 e. The first-order valence-electron chi connectivity index (χ1n) is 12.7. The molecule has 0 radical (unpaired) electrons. The molecule has 1 aromatic heterocycles. The largest absolute Gasteiger partial charge is 0.461 e. The highest BCUT2D eigenvalue weighted by molar-refractivity contribution is 5.89. The highest BCUT2D eigenvalue weighted by Crippen LogP contribution is 2.62. The Morgan fingerprint density at radius 1 is 1.20 bits per heavy atom. The monoisotopic (exact) mass is 470 g/mol. The summed E-state index contributed by atoms with van der Waals surface area (Å²) in [6.07, 6.45) is 5.24. The summed E-state index contributed by atoms with van der Waals surface area (Å²) < 4.78 is 13.9. The Bertz CT molecular complexity index is 1360. The third-order valence-electron chi connectivity index (χ3n) is 8.82. The Labute approximate surface area is 204 Å². The van der Waals surface area contributed by atoms with Crippen molar-refractivity contribution in [1.29, 1.82) is 0 Å². The highest BCUT2D eigenvalue weighted by atomic mass is 16.6. The van der Waals surface area contributed by atoms with Gasteiger partial charge in [-0.15, -0.1) is 5.10 Å². The zero-order valence-corrected chi connectivity index (χ0v) is 20.1. The van der Waals surface area contributed by atoms with Gasteiger partial charge in [0.2, 0.25) is 0 Å². The Morgan fingerprint density at radius 2 is 2.06 bits per heavy atom. The number of epoxide rings is 1. The molecule has 0 amide bonds. The van der Waals surface area contributed by atoms with Crippen LogP contribution in [0.3, 0.4) is 0 Å². The second-order valence-electron chi connectivity index (χ2n) is 10.8. The van der Waals surface area contributed by atoms with Gasteiger partial charge in [-0.05, 0) is 44.6 Å². The minimum absolute atomic E-state index is 0.0634. The minimum atomic E-state index is -0.146. The Balaban J connectivity index is 1.05. The van der Waals surface area contributed by atoms with E-state index in [0.717, 1.165) is 36.0 Å². The van der Waals surface area contributed by atoms with E-state index < -0.39 is 0 Å². The van der Waals surface area contributed by atoms with E-state index in [1.807, 2.05) is 29.1 Å². The summed E-state index contributed by atoms with van der Waals surface area (Å²) in [7, 11) is 0. The normalized spacial score (nSPS) is 33.3. The van der Waals surface area contributed by atoms with Crippen molar-refractivity contribution in [1.82, 2.24) is 20.3 Å². The van der Waals surface area contributed by atoms with E-state index in [9.17, 15) is 4.79 Å². The lowest BCUT2D eigenvalue weighted by Crippen LogP contribution is -2.37. The third-order valence-corrected chi connectivity index (χ3v) is 8.82. The zero-order valence-electron chi connectivity index (χ0n) is 20.1. The fraction of sp³-hybridized carbons (Fsp3) is 0.464. The van der Waals surface area contributed by atoms with Gasteiger partial charge in [0.1, 0.15) is 11.7 Å². The number of ether oxygens (including phenoxy) is 2. The maximum atomic E-state index is 13.0. The predicted octanol–water partition coefficient (Wildman–Crippen LogP) is 3.96. The van der Waals surface area contributed by atoms with E-state index >= 15 is 0 Å². The quantitative estimate of drug-likeness (QED) is 0.345. The van der Waals surface area contributed by atoms with Crippen LogP contribution < -0.4 is 5.32 Å². The summed E-state index contributed by atoms with van der Waals surface area (Å²) in [5.41, 5.74) is 4.68. The number of rotatable bonds is 5. The van der Waals surface area contributed by atoms with Gasteiger partial charge in [-0.3, -0.25) is 4.79 Å². The number of esters is 1. The van der Waals surface area contributed by atoms with Crippen molar-refractivity contribution in [2.75, 3.05) is 6.54 Å². The molecule has 180 valence electrons. The Hall–Kier alpha value is -3.03. The number of benzene rings is 2. The topological polar surface area (TPSA) is 81.6 Å². The van der Waals surface area contributed by atoms with Gasteiger partial charge in [0.25, 0.3) is 0 Å². The molecule has 0 unspecified atom stereocenters. The van der Waals surface area contributed by atoms with Crippen molar-refractivity contribution < 1.29 is 14.3 Å². The Kier molecular flexibility index (Phi) is 4.70. The summed E-state index contributed by atoms with van der Waals surface area (Å²) in [6.45, 7) is 5.60. The molecule has 7 heteroatoms. The lowest BCUT2D eigenvalue weighted by atomic mass is 9.78. The van der Waals surface area contributed by atoms with Gasteiger partial charge in [-0.1, -0.05) is 52.8 Å². The van der Waals surface area contributed by atoms with E-state index in [1.54, 1.807) is 0 Å². The van der Waals surface area contributed by atoms with Crippen molar-refractivity contribution in [3.8, 4) is 5.69 Å². The molecule has 2 aromatic carbocycles. The molecule has 3 heterocycles. The summed E-state index contributed by atoms with van der Waals surface area (Å²) >= 11 is 0. The molecule has 7 nitrogen and oxygen atoms in total. The van der Waals surface area contributed by atoms with Crippen LogP contribution >= 0.6 is 0 Å². The highest BCUT2D eigenvalue weighted by Gasteiger charge is 2.69. The molecule has 2 aliphatic carbocycles. The van der Waals surface area contributed by atoms with Gasteiger partial charge in [0.05, 0.1) is 29.6 Å². The van der Waals surface area contributed by atoms with Gasteiger partial charge in [0, 0.05) is 30.3 Å². The average Bonchev–Trinajstić information content (AvgIpc) is 3.13. The Morgan fingerprint density at radius 3 is 2.97 bits per heavy atom. The number of carbonyl (C=O) groups excluding carboxylic acids is 1. The van der Waals surface area contributed by atoms with E-state index in [1.165, 1.54) is 16.5 Å². The second kappa shape index (κ2) is 7.73. The van der Waals surface area contributed by atoms with Crippen molar-refractivity contribution in [3.05, 3.63) is 65.5 Å². The molecule has 35 heavy (non-hydrogen) atoms. The summed E-state index contributed by atoms with van der Waals surface area (Å²) in [5, 5.41) is 14.5. The summed E-state index contributed by atoms with van der Waals surface area (Å²) in [6, 6.07) is 14.5. The molecule has 6 atom stereocenters. The first kappa shape index (κ1) is 21.3. The fourth-order valence-corrected chi connectivity index (χ4v) is 6.86. The van der Waals surface area contributed by atoms with Crippen LogP contribution in [0.5, 0.6) is 0 Å². The van der Waals surface area contributed by atoms with Crippen LogP contribution in [0.25, 0.3) is 16.5 Å². The lowest BCUT2D eigenvalue weighted by molar-refractivity contribution is -0.146. The maximum absolute atomic E-state index is 13.0. The number of carbonyl (C=O) groups is 1. The number of nitrogens with zero attached hydrogens (tertiary/aromatic N) is 3. The zero-order chi connectivity index (χ0) is 23.7. The molecule has 0 bridgehead atoms. The van der Waals surface area contributed by atoms with Crippen LogP contribution in [-0.2, 0) is 20.8 Å². The van der Waals surface area contributed by atoms with Crippen LogP contribution in [0.15, 0.2) is 59.8 Å². The third kappa shape index (κ3) is 3.28. The van der Waals surface area contributed by atoms with Gasteiger partial charge in [-0.25, -0.2) is 4.68 Å². The van der Waals surface area contributed by atoms with Crippen molar-refractivity contribution >= 4 is 16.7 Å². The van der Waals surface area contributed by atoms with Gasteiger partial charge in [-0.2, -0.15) is 0 Å². The molecule has 1 N–H and O–H groups in total. The van der Waals surface area contributed by atoms with E-state index in [-0.39, 0.29) is 35.4 Å². The SMILES string of the molecule is CC1=C2C[C@H]3O[C@@]3(C)[C@@H]2[C@H]2OC(=O)[C@@H](CNCc3cn(-c4cccc5ccccc45)nn3)[C@@H]2CC1. The minimum Gasteiger partial charge on any atom is -0.461 e. The van der Waals surface area contributed by atoms with Crippen molar-refractivity contribution in [2.24, 2.45) is 17.8 Å². The average molecular weight is 471 g/mol.